The molecule has 2 aromatic carbocycles. The molecule has 1 amide bonds. The number of rotatable bonds is 4. The first-order chi connectivity index (χ1) is 12.1. The van der Waals surface area contributed by atoms with Gasteiger partial charge >= 0.3 is 0 Å². The van der Waals surface area contributed by atoms with Crippen LogP contribution in [-0.4, -0.2) is 18.2 Å². The number of para-hydroxylation sites is 1. The number of allylic oxidation sites excluding steroid dienone is 1. The van der Waals surface area contributed by atoms with E-state index in [1.54, 1.807) is 7.11 Å². The van der Waals surface area contributed by atoms with Crippen molar-refractivity contribution in [1.29, 1.82) is 0 Å². The highest BCUT2D eigenvalue weighted by Crippen LogP contribution is 2.34. The molecule has 0 bridgehead atoms. The maximum absolute atomic E-state index is 12.4. The summed E-state index contributed by atoms with van der Waals surface area (Å²) in [4.78, 5) is 17.7. The minimum absolute atomic E-state index is 0.113. The maximum atomic E-state index is 12.4. The average Bonchev–Trinajstić information content (AvgIpc) is 3.01. The summed E-state index contributed by atoms with van der Waals surface area (Å²) >= 11 is 1.38. The van der Waals surface area contributed by atoms with Gasteiger partial charge in [-0.2, -0.15) is 0 Å². The van der Waals surface area contributed by atoms with Crippen molar-refractivity contribution in [3.05, 3.63) is 64.6 Å². The van der Waals surface area contributed by atoms with Gasteiger partial charge in [-0.05, 0) is 60.0 Å². The highest BCUT2D eigenvalue weighted by atomic mass is 32.2. The average molecular weight is 352 g/mol. The molecule has 0 unspecified atom stereocenters. The van der Waals surface area contributed by atoms with Gasteiger partial charge in [-0.15, -0.1) is 0 Å². The number of nitrogens with one attached hydrogen (secondary N) is 1. The lowest BCUT2D eigenvalue weighted by atomic mass is 10.1. The Balaban J connectivity index is 1.92. The summed E-state index contributed by atoms with van der Waals surface area (Å²) in [5.74, 6) is 0.657. The van der Waals surface area contributed by atoms with Gasteiger partial charge in [0.25, 0.3) is 5.91 Å². The molecule has 0 aliphatic carbocycles. The number of methoxy groups -OCH3 is 1. The fourth-order valence-electron chi connectivity index (χ4n) is 2.64. The predicted molar refractivity (Wildman–Crippen MR) is 104 cm³/mol. The van der Waals surface area contributed by atoms with Crippen LogP contribution in [0.1, 0.15) is 25.0 Å². The Bertz CT molecular complexity index is 872. The van der Waals surface area contributed by atoms with Crippen molar-refractivity contribution in [2.75, 3.05) is 7.11 Å². The quantitative estimate of drug-likeness (QED) is 0.822. The second-order valence-electron chi connectivity index (χ2n) is 5.64. The van der Waals surface area contributed by atoms with Crippen LogP contribution >= 0.6 is 11.8 Å². The zero-order valence-electron chi connectivity index (χ0n) is 14.5. The van der Waals surface area contributed by atoms with Crippen molar-refractivity contribution in [3.63, 3.8) is 0 Å². The molecule has 4 nitrogen and oxygen atoms in total. The molecule has 5 heteroatoms. The lowest BCUT2D eigenvalue weighted by Gasteiger charge is -2.06. The summed E-state index contributed by atoms with van der Waals surface area (Å²) < 4.78 is 5.27. The van der Waals surface area contributed by atoms with Gasteiger partial charge in [0, 0.05) is 0 Å². The van der Waals surface area contributed by atoms with Crippen LogP contribution in [0.15, 0.2) is 58.4 Å². The molecule has 1 aliphatic heterocycles. The molecule has 3 rings (SSSR count). The van der Waals surface area contributed by atoms with Crippen LogP contribution in [0.2, 0.25) is 0 Å². The number of thioether (sulfide) groups is 1. The van der Waals surface area contributed by atoms with Gasteiger partial charge in [-0.3, -0.25) is 4.79 Å². The summed E-state index contributed by atoms with van der Waals surface area (Å²) in [6.45, 7) is 4.04. The van der Waals surface area contributed by atoms with Crippen LogP contribution in [0.4, 0.5) is 5.69 Å². The van der Waals surface area contributed by atoms with Crippen molar-refractivity contribution < 1.29 is 9.53 Å². The third kappa shape index (κ3) is 3.77. The second-order valence-corrected chi connectivity index (χ2v) is 6.64. The number of carbonyl (C=O) groups excluding carboxylic acids is 1. The fourth-order valence-corrected chi connectivity index (χ4v) is 3.53. The fraction of sp³-hybridized carbons (Fsp3) is 0.200. The third-order valence-electron chi connectivity index (χ3n) is 4.06. The van der Waals surface area contributed by atoms with Crippen LogP contribution in [0.3, 0.4) is 0 Å². The van der Waals surface area contributed by atoms with E-state index < -0.39 is 0 Å². The summed E-state index contributed by atoms with van der Waals surface area (Å²) in [7, 11) is 1.63. The van der Waals surface area contributed by atoms with Crippen molar-refractivity contribution in [3.8, 4) is 5.75 Å². The molecule has 1 fully saturated rings. The summed E-state index contributed by atoms with van der Waals surface area (Å²) in [5, 5.41) is 3.48. The topological polar surface area (TPSA) is 50.7 Å². The number of nitrogens with zero attached hydrogens (tertiary/aromatic N) is 1. The van der Waals surface area contributed by atoms with Crippen LogP contribution in [-0.2, 0) is 11.2 Å². The van der Waals surface area contributed by atoms with E-state index in [1.165, 1.54) is 11.8 Å². The van der Waals surface area contributed by atoms with Crippen molar-refractivity contribution in [1.82, 2.24) is 5.32 Å². The molecule has 0 spiro atoms. The standard InChI is InChI=1S/C20H20N2O2S/c1-4-14-8-5-6-11-17(14)21-20-22-19(23)18(25-20)13(2)15-9-7-10-16(12-15)24-3/h5-12H,4H2,1-3H3,(H,21,22,23)/b18-13-. The van der Waals surface area contributed by atoms with Crippen molar-refractivity contribution in [2.24, 2.45) is 4.99 Å². The highest BCUT2D eigenvalue weighted by Gasteiger charge is 2.26. The number of aryl methyl sites for hydroxylation is 1. The Labute approximate surface area is 152 Å². The lowest BCUT2D eigenvalue weighted by Crippen LogP contribution is -2.19. The van der Waals surface area contributed by atoms with E-state index in [9.17, 15) is 4.79 Å². The van der Waals surface area contributed by atoms with Crippen LogP contribution in [0, 0.1) is 0 Å². The van der Waals surface area contributed by atoms with Crippen molar-refractivity contribution >= 4 is 34.1 Å². The second kappa shape index (κ2) is 7.57. The van der Waals surface area contributed by atoms with E-state index in [4.69, 9.17) is 4.74 Å². The van der Waals surface area contributed by atoms with E-state index in [2.05, 4.69) is 23.3 Å². The number of amides is 1. The Morgan fingerprint density at radius 3 is 2.76 bits per heavy atom. The predicted octanol–water partition coefficient (Wildman–Crippen LogP) is 4.54. The molecule has 25 heavy (non-hydrogen) atoms. The Morgan fingerprint density at radius 2 is 2.00 bits per heavy atom. The Morgan fingerprint density at radius 1 is 1.20 bits per heavy atom. The summed E-state index contributed by atoms with van der Waals surface area (Å²) in [5.41, 5.74) is 3.93. The van der Waals surface area contributed by atoms with E-state index in [1.807, 2.05) is 49.4 Å². The van der Waals surface area contributed by atoms with Gasteiger partial charge in [0.05, 0.1) is 17.7 Å². The Hall–Kier alpha value is -2.53. The number of carbonyl (C=O) groups is 1. The van der Waals surface area contributed by atoms with Crippen LogP contribution in [0.5, 0.6) is 5.75 Å². The number of ether oxygens (including phenoxy) is 1. The SMILES string of the molecule is CCc1ccccc1N=C1NC(=O)/C(=C(\C)c2cccc(OC)c2)S1. The number of benzene rings is 2. The monoisotopic (exact) mass is 352 g/mol. The molecule has 0 atom stereocenters. The third-order valence-corrected chi connectivity index (χ3v) is 5.15. The van der Waals surface area contributed by atoms with Gasteiger partial charge in [0.2, 0.25) is 0 Å². The molecule has 0 aromatic heterocycles. The first-order valence-electron chi connectivity index (χ1n) is 8.13. The maximum Gasteiger partial charge on any atom is 0.264 e. The largest absolute Gasteiger partial charge is 0.497 e. The van der Waals surface area contributed by atoms with E-state index in [0.717, 1.165) is 34.6 Å². The smallest absolute Gasteiger partial charge is 0.264 e. The van der Waals surface area contributed by atoms with E-state index in [0.29, 0.717) is 10.1 Å². The normalized spacial score (nSPS) is 17.6. The molecule has 1 heterocycles. The van der Waals surface area contributed by atoms with Crippen LogP contribution in [0.25, 0.3) is 5.57 Å². The molecule has 1 saturated heterocycles. The van der Waals surface area contributed by atoms with Gasteiger partial charge in [-0.1, -0.05) is 37.3 Å². The van der Waals surface area contributed by atoms with Gasteiger partial charge < -0.3 is 10.1 Å². The molecular formula is C20H20N2O2S. The highest BCUT2D eigenvalue weighted by molar-refractivity contribution is 8.18. The summed E-state index contributed by atoms with van der Waals surface area (Å²) in [6.07, 6.45) is 0.900. The molecule has 0 saturated carbocycles. The van der Waals surface area contributed by atoms with Crippen molar-refractivity contribution in [2.45, 2.75) is 20.3 Å². The number of hydrogen-bond acceptors (Lipinski definition) is 4. The zero-order chi connectivity index (χ0) is 17.8. The van der Waals surface area contributed by atoms with Crippen LogP contribution < -0.4 is 10.1 Å². The van der Waals surface area contributed by atoms with Gasteiger partial charge in [0.1, 0.15) is 5.75 Å². The molecule has 1 aliphatic rings. The number of aliphatic imine (C=N–C) groups is 1. The molecule has 0 radical (unpaired) electrons. The lowest BCUT2D eigenvalue weighted by molar-refractivity contribution is -0.115. The Kier molecular flexibility index (Phi) is 5.24. The first kappa shape index (κ1) is 17.3. The number of amidine groups is 1. The number of hydrogen-bond donors (Lipinski definition) is 1. The summed E-state index contributed by atoms with van der Waals surface area (Å²) in [6, 6.07) is 15.7. The molecule has 2 aromatic rings. The van der Waals surface area contributed by atoms with Gasteiger partial charge in [0.15, 0.2) is 5.17 Å². The molecule has 128 valence electrons. The van der Waals surface area contributed by atoms with E-state index >= 15 is 0 Å². The molecular weight excluding hydrogens is 332 g/mol. The van der Waals surface area contributed by atoms with E-state index in [-0.39, 0.29) is 5.91 Å². The first-order valence-corrected chi connectivity index (χ1v) is 8.95. The minimum Gasteiger partial charge on any atom is -0.497 e. The minimum atomic E-state index is -0.113. The molecule has 1 N–H and O–H groups in total. The van der Waals surface area contributed by atoms with Gasteiger partial charge in [-0.25, -0.2) is 4.99 Å². The zero-order valence-corrected chi connectivity index (χ0v) is 15.3.